The number of hydrogen-bond donors (Lipinski definition) is 1. The van der Waals surface area contributed by atoms with Gasteiger partial charge in [-0.1, -0.05) is 20.8 Å². The topological polar surface area (TPSA) is 29.9 Å². The van der Waals surface area contributed by atoms with Crippen LogP contribution < -0.4 is 5.32 Å². The smallest absolute Gasteiger partial charge is 0.0627 e. The first-order valence-corrected chi connectivity index (χ1v) is 6.89. The Labute approximate surface area is 106 Å². The molecule has 1 rings (SSSR count). The van der Waals surface area contributed by atoms with E-state index in [-0.39, 0.29) is 0 Å². The number of aromatic nitrogens is 2. The Kier molecular flexibility index (Phi) is 6.27. The van der Waals surface area contributed by atoms with Crippen molar-refractivity contribution in [3.05, 3.63) is 18.0 Å². The van der Waals surface area contributed by atoms with Gasteiger partial charge in [-0.25, -0.2) is 0 Å². The normalized spacial score (nSPS) is 13.2. The van der Waals surface area contributed by atoms with Crippen molar-refractivity contribution >= 4 is 0 Å². The molecule has 0 amide bonds. The van der Waals surface area contributed by atoms with Crippen molar-refractivity contribution in [2.75, 3.05) is 13.6 Å². The molecule has 0 aromatic carbocycles. The number of nitrogens with zero attached hydrogens (tertiary/aromatic N) is 2. The summed E-state index contributed by atoms with van der Waals surface area (Å²) in [6.07, 6.45) is 6.76. The fraction of sp³-hybridized carbons (Fsp3) is 0.786. The third-order valence-electron chi connectivity index (χ3n) is 3.42. The van der Waals surface area contributed by atoms with Crippen molar-refractivity contribution in [3.8, 4) is 0 Å². The van der Waals surface area contributed by atoms with Gasteiger partial charge < -0.3 is 5.32 Å². The minimum atomic E-state index is 0.566. The molecule has 0 aliphatic carbocycles. The standard InChI is InChI=1S/C14H27N3/c1-5-14(6-2)17-10-8-13(16-17)11-12(3)7-9-15-4/h8,10,12,14-15H,5-7,9,11H2,1-4H3. The van der Waals surface area contributed by atoms with E-state index in [0.717, 1.165) is 25.8 Å². The van der Waals surface area contributed by atoms with Crippen molar-refractivity contribution in [2.24, 2.45) is 5.92 Å². The van der Waals surface area contributed by atoms with Crippen LogP contribution >= 0.6 is 0 Å². The molecule has 3 heteroatoms. The van der Waals surface area contributed by atoms with Gasteiger partial charge >= 0.3 is 0 Å². The van der Waals surface area contributed by atoms with Gasteiger partial charge in [0.25, 0.3) is 0 Å². The zero-order chi connectivity index (χ0) is 12.7. The lowest BCUT2D eigenvalue weighted by atomic mass is 10.0. The molecule has 0 aliphatic rings. The van der Waals surface area contributed by atoms with Crippen LogP contribution in [0.4, 0.5) is 0 Å². The first-order valence-electron chi connectivity index (χ1n) is 6.89. The summed E-state index contributed by atoms with van der Waals surface area (Å²) in [7, 11) is 2.01. The van der Waals surface area contributed by atoms with E-state index in [0.29, 0.717) is 12.0 Å². The second kappa shape index (κ2) is 7.49. The fourth-order valence-corrected chi connectivity index (χ4v) is 2.20. The second-order valence-electron chi connectivity index (χ2n) is 4.96. The predicted octanol–water partition coefficient (Wildman–Crippen LogP) is 3.03. The van der Waals surface area contributed by atoms with E-state index in [1.54, 1.807) is 0 Å². The maximum atomic E-state index is 4.70. The van der Waals surface area contributed by atoms with Crippen molar-refractivity contribution in [1.82, 2.24) is 15.1 Å². The molecule has 98 valence electrons. The molecule has 1 heterocycles. The van der Waals surface area contributed by atoms with Gasteiger partial charge in [0.05, 0.1) is 11.7 Å². The van der Waals surface area contributed by atoms with Gasteiger partial charge in [0.1, 0.15) is 0 Å². The average molecular weight is 237 g/mol. The van der Waals surface area contributed by atoms with Gasteiger partial charge in [-0.15, -0.1) is 0 Å². The molecule has 1 N–H and O–H groups in total. The molecule has 3 nitrogen and oxygen atoms in total. The first-order chi connectivity index (χ1) is 8.21. The molecule has 17 heavy (non-hydrogen) atoms. The number of hydrogen-bond acceptors (Lipinski definition) is 2. The predicted molar refractivity (Wildman–Crippen MR) is 73.3 cm³/mol. The minimum Gasteiger partial charge on any atom is -0.320 e. The largest absolute Gasteiger partial charge is 0.320 e. The van der Waals surface area contributed by atoms with Crippen LogP contribution in [0.2, 0.25) is 0 Å². The SMILES string of the molecule is CCC(CC)n1ccc(CC(C)CCNC)n1. The van der Waals surface area contributed by atoms with Gasteiger partial charge in [-0.05, 0) is 51.3 Å². The van der Waals surface area contributed by atoms with Crippen LogP contribution in [0.25, 0.3) is 0 Å². The van der Waals surface area contributed by atoms with E-state index in [2.05, 4.69) is 43.0 Å². The van der Waals surface area contributed by atoms with Crippen LogP contribution in [0.5, 0.6) is 0 Å². The van der Waals surface area contributed by atoms with E-state index in [4.69, 9.17) is 5.10 Å². The molecular formula is C14H27N3. The van der Waals surface area contributed by atoms with Gasteiger partial charge in [-0.2, -0.15) is 5.10 Å². The molecule has 0 saturated heterocycles. The van der Waals surface area contributed by atoms with E-state index in [1.807, 2.05) is 7.05 Å². The Morgan fingerprint density at radius 1 is 1.35 bits per heavy atom. The molecule has 0 bridgehead atoms. The zero-order valence-corrected chi connectivity index (χ0v) is 11.7. The molecule has 1 atom stereocenters. The Balaban J connectivity index is 2.50. The van der Waals surface area contributed by atoms with E-state index in [9.17, 15) is 0 Å². The Morgan fingerprint density at radius 3 is 2.65 bits per heavy atom. The Morgan fingerprint density at radius 2 is 2.06 bits per heavy atom. The summed E-state index contributed by atoms with van der Waals surface area (Å²) < 4.78 is 2.14. The van der Waals surface area contributed by atoms with Crippen molar-refractivity contribution in [1.29, 1.82) is 0 Å². The molecule has 0 fully saturated rings. The number of nitrogens with one attached hydrogen (secondary N) is 1. The minimum absolute atomic E-state index is 0.566. The molecule has 0 spiro atoms. The third kappa shape index (κ3) is 4.50. The highest BCUT2D eigenvalue weighted by atomic mass is 15.3. The van der Waals surface area contributed by atoms with Crippen LogP contribution in [0.15, 0.2) is 12.3 Å². The maximum absolute atomic E-state index is 4.70. The highest BCUT2D eigenvalue weighted by Gasteiger charge is 2.10. The number of rotatable bonds is 8. The lowest BCUT2D eigenvalue weighted by Crippen LogP contribution is -2.13. The van der Waals surface area contributed by atoms with Crippen LogP contribution in [-0.2, 0) is 6.42 Å². The summed E-state index contributed by atoms with van der Waals surface area (Å²) >= 11 is 0. The maximum Gasteiger partial charge on any atom is 0.0627 e. The van der Waals surface area contributed by atoms with E-state index < -0.39 is 0 Å². The fourth-order valence-electron chi connectivity index (χ4n) is 2.20. The van der Waals surface area contributed by atoms with Crippen molar-refractivity contribution < 1.29 is 0 Å². The average Bonchev–Trinajstić information content (AvgIpc) is 2.76. The summed E-state index contributed by atoms with van der Waals surface area (Å²) in [6, 6.07) is 2.74. The lowest BCUT2D eigenvalue weighted by molar-refractivity contribution is 0.421. The molecule has 1 aromatic heterocycles. The van der Waals surface area contributed by atoms with Crippen LogP contribution in [0.1, 0.15) is 51.8 Å². The van der Waals surface area contributed by atoms with Gasteiger partial charge in [0.2, 0.25) is 0 Å². The van der Waals surface area contributed by atoms with Gasteiger partial charge in [0, 0.05) is 6.20 Å². The third-order valence-corrected chi connectivity index (χ3v) is 3.42. The quantitative estimate of drug-likeness (QED) is 0.753. The van der Waals surface area contributed by atoms with Crippen molar-refractivity contribution in [3.63, 3.8) is 0 Å². The summed E-state index contributed by atoms with van der Waals surface area (Å²) in [5.41, 5.74) is 1.24. The van der Waals surface area contributed by atoms with Gasteiger partial charge in [0.15, 0.2) is 0 Å². The summed E-state index contributed by atoms with van der Waals surface area (Å²) in [5, 5.41) is 7.90. The summed E-state index contributed by atoms with van der Waals surface area (Å²) in [6.45, 7) is 7.85. The second-order valence-corrected chi connectivity index (χ2v) is 4.96. The monoisotopic (exact) mass is 237 g/mol. The highest BCUT2D eigenvalue weighted by molar-refractivity contribution is 5.00. The van der Waals surface area contributed by atoms with Gasteiger partial charge in [-0.3, -0.25) is 4.68 Å². The Bertz CT molecular complexity index is 302. The highest BCUT2D eigenvalue weighted by Crippen LogP contribution is 2.16. The lowest BCUT2D eigenvalue weighted by Gasteiger charge is -2.13. The van der Waals surface area contributed by atoms with E-state index in [1.165, 1.54) is 12.1 Å². The molecule has 1 unspecified atom stereocenters. The molecule has 0 saturated carbocycles. The first kappa shape index (κ1) is 14.2. The summed E-state index contributed by atoms with van der Waals surface area (Å²) in [5.74, 6) is 0.701. The zero-order valence-electron chi connectivity index (χ0n) is 11.7. The van der Waals surface area contributed by atoms with Crippen molar-refractivity contribution in [2.45, 2.75) is 52.5 Å². The molecule has 0 radical (unpaired) electrons. The molecule has 0 aliphatic heterocycles. The van der Waals surface area contributed by atoms with E-state index >= 15 is 0 Å². The molecule has 1 aromatic rings. The Hall–Kier alpha value is -0.830. The van der Waals surface area contributed by atoms with Crippen LogP contribution in [-0.4, -0.2) is 23.4 Å². The summed E-state index contributed by atoms with van der Waals surface area (Å²) in [4.78, 5) is 0. The molecular weight excluding hydrogens is 210 g/mol. The van der Waals surface area contributed by atoms with Crippen LogP contribution in [0.3, 0.4) is 0 Å². The van der Waals surface area contributed by atoms with Crippen LogP contribution in [0, 0.1) is 5.92 Å².